The smallest absolute Gasteiger partial charge is 0.408 e. The Hall–Kier alpha value is -3.49. The second-order valence-electron chi connectivity index (χ2n) is 8.84. The van der Waals surface area contributed by atoms with Gasteiger partial charge in [-0.25, -0.2) is 13.6 Å². The lowest BCUT2D eigenvalue weighted by Crippen LogP contribution is -2.49. The van der Waals surface area contributed by atoms with E-state index in [0.29, 0.717) is 12.8 Å². The van der Waals surface area contributed by atoms with E-state index in [4.69, 9.17) is 9.84 Å². The van der Waals surface area contributed by atoms with Crippen LogP contribution in [0.4, 0.5) is 13.6 Å². The summed E-state index contributed by atoms with van der Waals surface area (Å²) in [5.74, 6) is -8.89. The summed E-state index contributed by atoms with van der Waals surface area (Å²) < 4.78 is 32.5. The molecule has 2 unspecified atom stereocenters. The van der Waals surface area contributed by atoms with Crippen LogP contribution in [0.2, 0.25) is 0 Å². The van der Waals surface area contributed by atoms with Crippen molar-refractivity contribution in [1.29, 1.82) is 0 Å². The monoisotopic (exact) mass is 456 g/mol. The number of alkyl carbamates (subject to hydrolysis) is 1. The molecule has 3 N–H and O–H groups in total. The van der Waals surface area contributed by atoms with E-state index in [2.05, 4.69) is 10.6 Å². The van der Waals surface area contributed by atoms with E-state index >= 15 is 0 Å². The summed E-state index contributed by atoms with van der Waals surface area (Å²) in [7, 11) is 0. The molecule has 9 heteroatoms. The lowest BCUT2D eigenvalue weighted by atomic mass is 9.98. The fraction of sp³-hybridized carbons (Fsp3) is 0.375. The van der Waals surface area contributed by atoms with Crippen molar-refractivity contribution in [2.75, 3.05) is 13.2 Å². The molecule has 3 aliphatic carbocycles. The van der Waals surface area contributed by atoms with Crippen molar-refractivity contribution in [1.82, 2.24) is 10.6 Å². The molecule has 5 rings (SSSR count). The van der Waals surface area contributed by atoms with E-state index in [1.807, 2.05) is 48.5 Å². The first-order valence-electron chi connectivity index (χ1n) is 10.8. The molecular formula is C24H22F2N2O5. The Morgan fingerprint density at radius 1 is 1.00 bits per heavy atom. The van der Waals surface area contributed by atoms with Crippen molar-refractivity contribution in [3.63, 3.8) is 0 Å². The molecule has 2 fully saturated rings. The van der Waals surface area contributed by atoms with E-state index in [1.165, 1.54) is 0 Å². The molecule has 3 aliphatic rings. The van der Waals surface area contributed by atoms with E-state index in [1.54, 1.807) is 0 Å². The van der Waals surface area contributed by atoms with Crippen molar-refractivity contribution in [2.24, 2.45) is 11.8 Å². The van der Waals surface area contributed by atoms with Crippen LogP contribution in [0.1, 0.15) is 29.9 Å². The SMILES string of the molecule is O=C(NC1(C(=O)NCC2C(C(=O)O)C2(F)F)CC1)OCC1c2ccccc2-c2ccccc21. The summed E-state index contributed by atoms with van der Waals surface area (Å²) >= 11 is 0. The molecule has 2 saturated carbocycles. The summed E-state index contributed by atoms with van der Waals surface area (Å²) in [6, 6.07) is 15.8. The fourth-order valence-corrected chi connectivity index (χ4v) is 4.72. The van der Waals surface area contributed by atoms with Crippen molar-refractivity contribution in [3.8, 4) is 11.1 Å². The van der Waals surface area contributed by atoms with Gasteiger partial charge in [-0.05, 0) is 35.1 Å². The van der Waals surface area contributed by atoms with Gasteiger partial charge in [0.1, 0.15) is 18.1 Å². The van der Waals surface area contributed by atoms with Crippen LogP contribution < -0.4 is 10.6 Å². The highest BCUT2D eigenvalue weighted by Crippen LogP contribution is 2.55. The lowest BCUT2D eigenvalue weighted by Gasteiger charge is -2.19. The van der Waals surface area contributed by atoms with Crippen molar-refractivity contribution in [3.05, 3.63) is 59.7 Å². The minimum Gasteiger partial charge on any atom is -0.481 e. The van der Waals surface area contributed by atoms with Gasteiger partial charge in [-0.1, -0.05) is 48.5 Å². The first-order valence-corrected chi connectivity index (χ1v) is 10.8. The van der Waals surface area contributed by atoms with Gasteiger partial charge >= 0.3 is 12.1 Å². The fourth-order valence-electron chi connectivity index (χ4n) is 4.72. The van der Waals surface area contributed by atoms with Gasteiger partial charge in [0.2, 0.25) is 5.91 Å². The molecule has 33 heavy (non-hydrogen) atoms. The number of fused-ring (bicyclic) bond motifs is 3. The third-order valence-corrected chi connectivity index (χ3v) is 6.82. The largest absolute Gasteiger partial charge is 0.481 e. The quantitative estimate of drug-likeness (QED) is 0.594. The van der Waals surface area contributed by atoms with Gasteiger partial charge in [0.15, 0.2) is 0 Å². The summed E-state index contributed by atoms with van der Waals surface area (Å²) in [6.45, 7) is -0.372. The molecular weight excluding hydrogens is 434 g/mol. The molecule has 0 aliphatic heterocycles. The maximum Gasteiger partial charge on any atom is 0.408 e. The van der Waals surface area contributed by atoms with Gasteiger partial charge in [-0.2, -0.15) is 0 Å². The number of amides is 2. The van der Waals surface area contributed by atoms with Crippen LogP contribution >= 0.6 is 0 Å². The zero-order valence-electron chi connectivity index (χ0n) is 17.5. The molecule has 0 bridgehead atoms. The van der Waals surface area contributed by atoms with Crippen LogP contribution in [-0.4, -0.2) is 47.7 Å². The number of carboxylic acid groups (broad SMARTS) is 1. The van der Waals surface area contributed by atoms with Gasteiger partial charge in [0, 0.05) is 12.5 Å². The molecule has 0 aromatic heterocycles. The Balaban J connectivity index is 1.17. The summed E-state index contributed by atoms with van der Waals surface area (Å²) in [5, 5.41) is 13.7. The standard InChI is InChI=1S/C24H22F2N2O5/c25-24(26)18(19(24)20(29)30)11-27-21(31)23(9-10-23)28-22(32)33-12-17-15-7-3-1-5-13(15)14-6-2-4-8-16(14)17/h1-8,17-19H,9-12H2,(H,27,31)(H,28,32)(H,29,30). The zero-order chi connectivity index (χ0) is 23.4. The summed E-state index contributed by atoms with van der Waals surface area (Å²) in [6.07, 6.45) is -0.0523. The molecule has 7 nitrogen and oxygen atoms in total. The lowest BCUT2D eigenvalue weighted by molar-refractivity contribution is -0.141. The second kappa shape index (κ2) is 7.54. The van der Waals surface area contributed by atoms with E-state index in [9.17, 15) is 23.2 Å². The van der Waals surface area contributed by atoms with Crippen LogP contribution in [0.3, 0.4) is 0 Å². The molecule has 0 heterocycles. The molecule has 2 amide bonds. The van der Waals surface area contributed by atoms with Gasteiger partial charge < -0.3 is 20.5 Å². The number of carbonyl (C=O) groups is 3. The highest BCUT2D eigenvalue weighted by molar-refractivity contribution is 5.93. The first kappa shape index (κ1) is 21.4. The third kappa shape index (κ3) is 3.61. The second-order valence-corrected chi connectivity index (χ2v) is 8.84. The van der Waals surface area contributed by atoms with Crippen LogP contribution in [0.5, 0.6) is 0 Å². The van der Waals surface area contributed by atoms with E-state index < -0.39 is 47.8 Å². The van der Waals surface area contributed by atoms with Gasteiger partial charge in [-0.3, -0.25) is 9.59 Å². The molecule has 2 atom stereocenters. The maximum atomic E-state index is 13.5. The third-order valence-electron chi connectivity index (χ3n) is 6.82. The minimum atomic E-state index is -3.34. The first-order chi connectivity index (χ1) is 15.7. The average molecular weight is 456 g/mol. The Kier molecular flexibility index (Phi) is 4.88. The van der Waals surface area contributed by atoms with Crippen LogP contribution in [-0.2, 0) is 14.3 Å². The number of aliphatic carboxylic acids is 1. The Morgan fingerprint density at radius 2 is 1.58 bits per heavy atom. The predicted octanol–water partition coefficient (Wildman–Crippen LogP) is 3.14. The van der Waals surface area contributed by atoms with Crippen molar-refractivity contribution < 1.29 is 33.0 Å². The molecule has 0 spiro atoms. The number of ether oxygens (including phenoxy) is 1. The number of rotatable bonds is 7. The normalized spacial score (nSPS) is 23.1. The highest BCUT2D eigenvalue weighted by atomic mass is 19.3. The van der Waals surface area contributed by atoms with Gasteiger partial charge in [-0.15, -0.1) is 0 Å². The molecule has 0 saturated heterocycles. The van der Waals surface area contributed by atoms with E-state index in [-0.39, 0.29) is 12.5 Å². The Labute approximate surface area is 188 Å². The molecule has 172 valence electrons. The van der Waals surface area contributed by atoms with E-state index in [0.717, 1.165) is 22.3 Å². The minimum absolute atomic E-state index is 0.0894. The number of hydrogen-bond acceptors (Lipinski definition) is 4. The number of benzene rings is 2. The number of alkyl halides is 2. The molecule has 2 aromatic rings. The Bertz CT molecular complexity index is 1100. The van der Waals surface area contributed by atoms with Crippen LogP contribution in [0.15, 0.2) is 48.5 Å². The van der Waals surface area contributed by atoms with Gasteiger partial charge in [0.25, 0.3) is 5.92 Å². The number of hydrogen-bond donors (Lipinski definition) is 3. The Morgan fingerprint density at radius 3 is 2.09 bits per heavy atom. The maximum absolute atomic E-state index is 13.5. The van der Waals surface area contributed by atoms with Crippen molar-refractivity contribution in [2.45, 2.75) is 30.2 Å². The number of carboxylic acids is 1. The average Bonchev–Trinajstić information content (AvgIpc) is 3.64. The molecule has 2 aromatic carbocycles. The van der Waals surface area contributed by atoms with Crippen LogP contribution in [0.25, 0.3) is 11.1 Å². The van der Waals surface area contributed by atoms with Crippen molar-refractivity contribution >= 4 is 18.0 Å². The highest BCUT2D eigenvalue weighted by Gasteiger charge is 2.72. The predicted molar refractivity (Wildman–Crippen MR) is 113 cm³/mol. The summed E-state index contributed by atoms with van der Waals surface area (Å²) in [4.78, 5) is 35.8. The van der Waals surface area contributed by atoms with Gasteiger partial charge in [0.05, 0.1) is 5.92 Å². The topological polar surface area (TPSA) is 105 Å². The number of halogens is 2. The zero-order valence-corrected chi connectivity index (χ0v) is 17.5. The summed E-state index contributed by atoms with van der Waals surface area (Å²) in [5.41, 5.74) is 3.10. The number of nitrogens with one attached hydrogen (secondary N) is 2. The van der Waals surface area contributed by atoms with Crippen LogP contribution in [0, 0.1) is 11.8 Å². The number of carbonyl (C=O) groups excluding carboxylic acids is 2. The molecule has 0 radical (unpaired) electrons.